The molecule has 3 heterocycles. The van der Waals surface area contributed by atoms with Gasteiger partial charge in [0.05, 0.1) is 12.2 Å². The predicted octanol–water partition coefficient (Wildman–Crippen LogP) is 5.73. The van der Waals surface area contributed by atoms with Crippen molar-refractivity contribution in [1.29, 1.82) is 0 Å². The Labute approximate surface area is 236 Å². The van der Waals surface area contributed by atoms with Crippen LogP contribution in [-0.2, 0) is 12.3 Å². The van der Waals surface area contributed by atoms with Crippen LogP contribution in [0, 0.1) is 0 Å². The number of carbonyl (C=O) groups is 1. The van der Waals surface area contributed by atoms with E-state index in [0.717, 1.165) is 48.3 Å². The second-order valence-electron chi connectivity index (χ2n) is 8.77. The van der Waals surface area contributed by atoms with Gasteiger partial charge in [0.25, 0.3) is 5.91 Å². The lowest BCUT2D eigenvalue weighted by molar-refractivity contribution is 0.0950. The van der Waals surface area contributed by atoms with Crippen molar-refractivity contribution in [3.63, 3.8) is 0 Å². The van der Waals surface area contributed by atoms with Gasteiger partial charge in [0.15, 0.2) is 5.16 Å². The molecule has 1 N–H and O–H groups in total. The molecule has 2 aromatic heterocycles. The minimum Gasteiger partial charge on any atom is -0.368 e. The number of thioether (sulfide) groups is 1. The number of nitrogens with one attached hydrogen (secondary N) is 1. The van der Waals surface area contributed by atoms with Gasteiger partial charge < -0.3 is 15.1 Å². The molecule has 1 aliphatic rings. The summed E-state index contributed by atoms with van der Waals surface area (Å²) in [6.07, 6.45) is 1.71. The van der Waals surface area contributed by atoms with E-state index in [1.54, 1.807) is 6.20 Å². The van der Waals surface area contributed by atoms with Gasteiger partial charge in [-0.25, -0.2) is 9.97 Å². The van der Waals surface area contributed by atoms with Crippen molar-refractivity contribution < 1.29 is 4.79 Å². The number of pyridine rings is 1. The Morgan fingerprint density at radius 2 is 1.63 bits per heavy atom. The number of hydrogen-bond acceptors (Lipinski definition) is 7. The van der Waals surface area contributed by atoms with Gasteiger partial charge in [0.2, 0.25) is 0 Å². The lowest BCUT2D eigenvalue weighted by atomic mass is 10.1. The number of amides is 1. The summed E-state index contributed by atoms with van der Waals surface area (Å²) in [5.74, 6) is 1.37. The van der Waals surface area contributed by atoms with E-state index in [4.69, 9.17) is 28.2 Å². The number of anilines is 2. The third-order valence-corrected chi connectivity index (χ3v) is 7.56. The van der Waals surface area contributed by atoms with E-state index in [1.807, 2.05) is 60.7 Å². The summed E-state index contributed by atoms with van der Waals surface area (Å²) >= 11 is 13.9. The van der Waals surface area contributed by atoms with E-state index >= 15 is 0 Å². The number of rotatable bonds is 8. The zero-order valence-electron chi connectivity index (χ0n) is 20.6. The average Bonchev–Trinajstić information content (AvgIpc) is 2.96. The maximum atomic E-state index is 12.5. The number of piperazine rings is 1. The molecule has 1 amide bonds. The van der Waals surface area contributed by atoms with Gasteiger partial charge in [-0.2, -0.15) is 0 Å². The first-order chi connectivity index (χ1) is 18.5. The number of halogens is 2. The van der Waals surface area contributed by atoms with Crippen LogP contribution in [0.1, 0.15) is 21.6 Å². The van der Waals surface area contributed by atoms with Crippen LogP contribution >= 0.6 is 35.0 Å². The van der Waals surface area contributed by atoms with Gasteiger partial charge in [-0.15, -0.1) is 0 Å². The summed E-state index contributed by atoms with van der Waals surface area (Å²) < 4.78 is 0. The Morgan fingerprint density at radius 1 is 0.895 bits per heavy atom. The van der Waals surface area contributed by atoms with Gasteiger partial charge in [0.1, 0.15) is 11.0 Å². The fourth-order valence-corrected chi connectivity index (χ4v) is 5.30. The highest BCUT2D eigenvalue weighted by atomic mass is 35.5. The molecule has 1 fully saturated rings. The monoisotopic (exact) mass is 564 g/mol. The number of carbonyl (C=O) groups excluding carboxylic acids is 1. The van der Waals surface area contributed by atoms with Crippen LogP contribution in [0.15, 0.2) is 84.1 Å². The summed E-state index contributed by atoms with van der Waals surface area (Å²) in [4.78, 5) is 30.4. The largest absolute Gasteiger partial charge is 0.368 e. The fraction of sp³-hybridized carbons (Fsp3) is 0.214. The quantitative estimate of drug-likeness (QED) is 0.166. The molecular weight excluding hydrogens is 539 g/mol. The van der Waals surface area contributed by atoms with E-state index in [2.05, 4.69) is 37.2 Å². The average molecular weight is 566 g/mol. The molecule has 10 heteroatoms. The maximum absolute atomic E-state index is 12.5. The number of hydrogen-bond donors (Lipinski definition) is 1. The van der Waals surface area contributed by atoms with E-state index in [9.17, 15) is 4.79 Å². The van der Waals surface area contributed by atoms with Crippen molar-refractivity contribution in [2.24, 2.45) is 0 Å². The molecule has 38 heavy (non-hydrogen) atoms. The molecule has 0 unspecified atom stereocenters. The number of benzene rings is 2. The molecule has 0 aliphatic carbocycles. The summed E-state index contributed by atoms with van der Waals surface area (Å²) in [6.45, 7) is 3.83. The van der Waals surface area contributed by atoms with Crippen LogP contribution in [0.4, 0.5) is 11.5 Å². The summed E-state index contributed by atoms with van der Waals surface area (Å²) in [6, 6.07) is 22.9. The predicted molar refractivity (Wildman–Crippen MR) is 154 cm³/mol. The van der Waals surface area contributed by atoms with Gasteiger partial charge in [-0.05, 0) is 54.1 Å². The molecule has 5 rings (SSSR count). The summed E-state index contributed by atoms with van der Waals surface area (Å²) in [7, 11) is 0. The first-order valence-corrected chi connectivity index (χ1v) is 14.0. The Bertz CT molecular complexity index is 1360. The van der Waals surface area contributed by atoms with Crippen molar-refractivity contribution in [3.05, 3.63) is 106 Å². The van der Waals surface area contributed by atoms with Crippen molar-refractivity contribution in [2.45, 2.75) is 17.5 Å². The standard InChI is InChI=1S/C28H26Cl2N6OS/c29-22-8-10-24(11-9-22)35-13-15-36(16-14-35)26-17-25(30)33-28(34-26)38-19-20-4-6-21(7-5-20)27(37)32-18-23-3-1-2-12-31-23/h1-12,17H,13-16,18-19H2,(H,32,37). The lowest BCUT2D eigenvalue weighted by Gasteiger charge is -2.36. The smallest absolute Gasteiger partial charge is 0.251 e. The zero-order valence-corrected chi connectivity index (χ0v) is 22.9. The molecule has 1 aliphatic heterocycles. The Balaban J connectivity index is 1.14. The topological polar surface area (TPSA) is 74.2 Å². The summed E-state index contributed by atoms with van der Waals surface area (Å²) in [5, 5.41) is 4.70. The Hall–Kier alpha value is -3.33. The van der Waals surface area contributed by atoms with Gasteiger partial charge in [0, 0.05) is 60.5 Å². The van der Waals surface area contributed by atoms with Gasteiger partial charge in [-0.3, -0.25) is 9.78 Å². The summed E-state index contributed by atoms with van der Waals surface area (Å²) in [5.41, 5.74) is 3.66. The molecular formula is C28H26Cl2N6OS. The van der Waals surface area contributed by atoms with Crippen LogP contribution in [0.3, 0.4) is 0 Å². The maximum Gasteiger partial charge on any atom is 0.251 e. The first-order valence-electron chi connectivity index (χ1n) is 12.2. The minimum atomic E-state index is -0.131. The van der Waals surface area contributed by atoms with Crippen LogP contribution in [0.5, 0.6) is 0 Å². The highest BCUT2D eigenvalue weighted by molar-refractivity contribution is 7.98. The first kappa shape index (κ1) is 26.3. The van der Waals surface area contributed by atoms with Crippen molar-refractivity contribution >= 4 is 52.4 Å². The lowest BCUT2D eigenvalue weighted by Crippen LogP contribution is -2.46. The molecule has 0 spiro atoms. The highest BCUT2D eigenvalue weighted by Gasteiger charge is 2.20. The second-order valence-corrected chi connectivity index (χ2v) is 10.5. The van der Waals surface area contributed by atoms with E-state index < -0.39 is 0 Å². The van der Waals surface area contributed by atoms with Crippen molar-refractivity contribution in [3.8, 4) is 0 Å². The molecule has 0 bridgehead atoms. The molecule has 4 aromatic rings. The number of aromatic nitrogens is 3. The Kier molecular flexibility index (Phi) is 8.63. The molecule has 0 saturated carbocycles. The van der Waals surface area contributed by atoms with Crippen LogP contribution < -0.4 is 15.1 Å². The molecule has 0 atom stereocenters. The van der Waals surface area contributed by atoms with Crippen LogP contribution in [-0.4, -0.2) is 47.0 Å². The molecule has 7 nitrogen and oxygen atoms in total. The Morgan fingerprint density at radius 3 is 2.34 bits per heavy atom. The zero-order chi connectivity index (χ0) is 26.3. The third kappa shape index (κ3) is 6.95. The number of nitrogens with zero attached hydrogens (tertiary/aromatic N) is 5. The fourth-order valence-electron chi connectivity index (χ4n) is 4.13. The minimum absolute atomic E-state index is 0.131. The van der Waals surface area contributed by atoms with Crippen molar-refractivity contribution in [1.82, 2.24) is 20.3 Å². The molecule has 194 valence electrons. The van der Waals surface area contributed by atoms with E-state index in [1.165, 1.54) is 17.4 Å². The highest BCUT2D eigenvalue weighted by Crippen LogP contribution is 2.26. The van der Waals surface area contributed by atoms with Crippen LogP contribution in [0.2, 0.25) is 10.2 Å². The molecule has 0 radical (unpaired) electrons. The molecule has 2 aromatic carbocycles. The van der Waals surface area contributed by atoms with E-state index in [0.29, 0.717) is 28.2 Å². The molecule has 1 saturated heterocycles. The second kappa shape index (κ2) is 12.5. The SMILES string of the molecule is O=C(NCc1ccccn1)c1ccc(CSc2nc(Cl)cc(N3CCN(c4ccc(Cl)cc4)CC3)n2)cc1. The van der Waals surface area contributed by atoms with Gasteiger partial charge >= 0.3 is 0 Å². The normalized spacial score (nSPS) is 13.4. The van der Waals surface area contributed by atoms with E-state index in [-0.39, 0.29) is 5.91 Å². The van der Waals surface area contributed by atoms with Crippen molar-refractivity contribution in [2.75, 3.05) is 36.0 Å². The third-order valence-electron chi connectivity index (χ3n) is 6.20. The van der Waals surface area contributed by atoms with Crippen LogP contribution in [0.25, 0.3) is 0 Å². The van der Waals surface area contributed by atoms with Gasteiger partial charge in [-0.1, -0.05) is 53.2 Å².